The van der Waals surface area contributed by atoms with Crippen LogP contribution in [-0.4, -0.2) is 33.0 Å². The van der Waals surface area contributed by atoms with Gasteiger partial charge in [0.2, 0.25) is 10.0 Å². The third kappa shape index (κ3) is 4.38. The molecule has 1 atom stereocenters. The number of hydrogen-bond acceptors (Lipinski definition) is 3. The molecule has 1 amide bonds. The number of hydrogen-bond donors (Lipinski definition) is 2. The highest BCUT2D eigenvalue weighted by atomic mass is 35.5. The number of sulfonamides is 1. The molecule has 112 valence electrons. The molecule has 0 aromatic heterocycles. The number of rotatable bonds is 6. The number of halogens is 1. The summed E-state index contributed by atoms with van der Waals surface area (Å²) in [4.78, 5) is 11.7. The van der Waals surface area contributed by atoms with Crippen molar-refractivity contribution < 1.29 is 13.2 Å². The van der Waals surface area contributed by atoms with Gasteiger partial charge < -0.3 is 5.32 Å². The lowest BCUT2D eigenvalue weighted by Gasteiger charge is -2.14. The zero-order valence-electron chi connectivity index (χ0n) is 11.7. The molecule has 0 fully saturated rings. The number of alkyl halides is 1. The van der Waals surface area contributed by atoms with E-state index in [2.05, 4.69) is 10.0 Å². The Morgan fingerprint density at radius 2 is 2.05 bits per heavy atom. The van der Waals surface area contributed by atoms with Crippen LogP contribution in [0.1, 0.15) is 22.8 Å². The van der Waals surface area contributed by atoms with Crippen LogP contribution in [0.3, 0.4) is 0 Å². The first kappa shape index (κ1) is 16.8. The summed E-state index contributed by atoms with van der Waals surface area (Å²) in [6, 6.07) is 4.92. The predicted molar refractivity (Wildman–Crippen MR) is 81.9 cm³/mol. The highest BCUT2D eigenvalue weighted by molar-refractivity contribution is 7.92. The van der Waals surface area contributed by atoms with E-state index in [9.17, 15) is 13.2 Å². The number of nitrogens with one attached hydrogen (secondary N) is 2. The van der Waals surface area contributed by atoms with Gasteiger partial charge in [0.1, 0.15) is 0 Å². The highest BCUT2D eigenvalue weighted by Crippen LogP contribution is 2.20. The fourth-order valence-electron chi connectivity index (χ4n) is 1.76. The Morgan fingerprint density at radius 1 is 1.40 bits per heavy atom. The van der Waals surface area contributed by atoms with E-state index < -0.39 is 10.0 Å². The molecule has 0 saturated carbocycles. The van der Waals surface area contributed by atoms with E-state index in [-0.39, 0.29) is 23.5 Å². The Morgan fingerprint density at radius 3 is 2.60 bits per heavy atom. The number of carbonyl (C=O) groups is 1. The zero-order valence-corrected chi connectivity index (χ0v) is 13.3. The first-order valence-corrected chi connectivity index (χ1v) is 8.37. The molecule has 0 saturated heterocycles. The normalized spacial score (nSPS) is 12.8. The fourth-order valence-corrected chi connectivity index (χ4v) is 3.50. The van der Waals surface area contributed by atoms with E-state index in [4.69, 9.17) is 11.6 Å². The number of benzene rings is 1. The largest absolute Gasteiger partial charge is 0.355 e. The first-order valence-electron chi connectivity index (χ1n) is 6.19. The van der Waals surface area contributed by atoms with Gasteiger partial charge in [0, 0.05) is 18.5 Å². The molecule has 0 heterocycles. The molecule has 0 aliphatic heterocycles. The van der Waals surface area contributed by atoms with Crippen LogP contribution in [0.2, 0.25) is 0 Å². The quantitative estimate of drug-likeness (QED) is 0.787. The molecule has 0 radical (unpaired) electrons. The second-order valence-electron chi connectivity index (χ2n) is 4.70. The van der Waals surface area contributed by atoms with Crippen molar-refractivity contribution in [3.05, 3.63) is 29.3 Å². The summed E-state index contributed by atoms with van der Waals surface area (Å²) < 4.78 is 26.5. The maximum Gasteiger partial charge on any atom is 0.251 e. The van der Waals surface area contributed by atoms with Crippen molar-refractivity contribution in [2.24, 2.45) is 5.92 Å². The lowest BCUT2D eigenvalue weighted by Crippen LogP contribution is -2.24. The van der Waals surface area contributed by atoms with Gasteiger partial charge in [-0.1, -0.05) is 13.0 Å². The van der Waals surface area contributed by atoms with Gasteiger partial charge in [0.15, 0.2) is 0 Å². The van der Waals surface area contributed by atoms with E-state index in [1.165, 1.54) is 7.05 Å². The van der Waals surface area contributed by atoms with Gasteiger partial charge in [-0.25, -0.2) is 8.42 Å². The van der Waals surface area contributed by atoms with Crippen LogP contribution in [-0.2, 0) is 10.0 Å². The van der Waals surface area contributed by atoms with Crippen LogP contribution >= 0.6 is 11.6 Å². The Balaban J connectivity index is 3.02. The summed E-state index contributed by atoms with van der Waals surface area (Å²) in [5, 5.41) is 2.52. The molecule has 0 aliphatic rings. The van der Waals surface area contributed by atoms with Crippen LogP contribution in [0.4, 0.5) is 5.69 Å². The SMILES string of the molecule is CNC(=O)c1cccc(NS(=O)(=O)CC(C)CCl)c1C. The van der Waals surface area contributed by atoms with Crippen molar-refractivity contribution in [1.29, 1.82) is 0 Å². The summed E-state index contributed by atoms with van der Waals surface area (Å²) >= 11 is 5.63. The highest BCUT2D eigenvalue weighted by Gasteiger charge is 2.18. The molecular weight excluding hydrogens is 300 g/mol. The second-order valence-corrected chi connectivity index (χ2v) is 6.78. The van der Waals surface area contributed by atoms with Crippen molar-refractivity contribution >= 4 is 33.2 Å². The van der Waals surface area contributed by atoms with E-state index in [0.29, 0.717) is 16.8 Å². The molecule has 5 nitrogen and oxygen atoms in total. The zero-order chi connectivity index (χ0) is 15.3. The molecule has 1 unspecified atom stereocenters. The third-order valence-corrected chi connectivity index (χ3v) is 4.90. The molecular formula is C13H19ClN2O3S. The van der Waals surface area contributed by atoms with E-state index in [1.807, 2.05) is 0 Å². The molecule has 1 rings (SSSR count). The topological polar surface area (TPSA) is 75.3 Å². The summed E-state index contributed by atoms with van der Waals surface area (Å²) in [7, 11) is -1.96. The van der Waals surface area contributed by atoms with E-state index >= 15 is 0 Å². The Bertz CT molecular complexity index is 587. The van der Waals surface area contributed by atoms with E-state index in [1.54, 1.807) is 32.0 Å². The van der Waals surface area contributed by atoms with E-state index in [0.717, 1.165) is 0 Å². The maximum absolute atomic E-state index is 12.0. The third-order valence-electron chi connectivity index (χ3n) is 2.84. The van der Waals surface area contributed by atoms with Crippen LogP contribution < -0.4 is 10.0 Å². The van der Waals surface area contributed by atoms with Crippen LogP contribution in [0.5, 0.6) is 0 Å². The van der Waals surface area contributed by atoms with Gasteiger partial charge in [0.05, 0.1) is 11.4 Å². The van der Waals surface area contributed by atoms with Crippen molar-refractivity contribution in [1.82, 2.24) is 5.32 Å². The first-order chi connectivity index (χ1) is 9.30. The predicted octanol–water partition coefficient (Wildman–Crippen LogP) is 1.97. The minimum atomic E-state index is -3.48. The van der Waals surface area contributed by atoms with Gasteiger partial charge in [-0.05, 0) is 30.5 Å². The Labute approximate surface area is 124 Å². The standard InChI is InChI=1S/C13H19ClN2O3S/c1-9(7-14)8-20(18,19)16-12-6-4-5-11(10(12)2)13(17)15-3/h4-6,9,16H,7-8H2,1-3H3,(H,15,17). The minimum Gasteiger partial charge on any atom is -0.355 e. The molecule has 0 aliphatic carbocycles. The molecule has 0 spiro atoms. The lowest BCUT2D eigenvalue weighted by atomic mass is 10.1. The molecule has 1 aromatic carbocycles. The molecule has 0 bridgehead atoms. The monoisotopic (exact) mass is 318 g/mol. The van der Waals surface area contributed by atoms with Gasteiger partial charge in [-0.2, -0.15) is 0 Å². The number of carbonyl (C=O) groups excluding carboxylic acids is 1. The summed E-state index contributed by atoms with van der Waals surface area (Å²) in [6.45, 7) is 3.47. The smallest absolute Gasteiger partial charge is 0.251 e. The summed E-state index contributed by atoms with van der Waals surface area (Å²) in [6.07, 6.45) is 0. The van der Waals surface area contributed by atoms with Crippen LogP contribution in [0.25, 0.3) is 0 Å². The van der Waals surface area contributed by atoms with Gasteiger partial charge in [-0.3, -0.25) is 9.52 Å². The Hall–Kier alpha value is -1.27. The molecule has 1 aromatic rings. The second kappa shape index (κ2) is 6.95. The summed E-state index contributed by atoms with van der Waals surface area (Å²) in [5.41, 5.74) is 1.44. The van der Waals surface area contributed by atoms with Gasteiger partial charge in [0.25, 0.3) is 5.91 Å². The van der Waals surface area contributed by atoms with Crippen molar-refractivity contribution in [2.75, 3.05) is 23.4 Å². The van der Waals surface area contributed by atoms with Crippen molar-refractivity contribution in [3.63, 3.8) is 0 Å². The fraction of sp³-hybridized carbons (Fsp3) is 0.462. The van der Waals surface area contributed by atoms with Crippen molar-refractivity contribution in [2.45, 2.75) is 13.8 Å². The molecule has 20 heavy (non-hydrogen) atoms. The van der Waals surface area contributed by atoms with Gasteiger partial charge >= 0.3 is 0 Å². The summed E-state index contributed by atoms with van der Waals surface area (Å²) in [5.74, 6) is -0.174. The number of anilines is 1. The molecule has 7 heteroatoms. The Kier molecular flexibility index (Phi) is 5.83. The lowest BCUT2D eigenvalue weighted by molar-refractivity contribution is 0.0962. The average molecular weight is 319 g/mol. The number of amides is 1. The van der Waals surface area contributed by atoms with Crippen LogP contribution in [0.15, 0.2) is 18.2 Å². The van der Waals surface area contributed by atoms with Gasteiger partial charge in [-0.15, -0.1) is 11.6 Å². The van der Waals surface area contributed by atoms with Crippen molar-refractivity contribution in [3.8, 4) is 0 Å². The average Bonchev–Trinajstić information content (AvgIpc) is 2.39. The maximum atomic E-state index is 12.0. The minimum absolute atomic E-state index is 0.0554. The van der Waals surface area contributed by atoms with Crippen LogP contribution in [0, 0.1) is 12.8 Å². The molecule has 2 N–H and O–H groups in total.